The maximum absolute atomic E-state index is 13.2. The van der Waals surface area contributed by atoms with E-state index >= 15 is 0 Å². The van der Waals surface area contributed by atoms with Gasteiger partial charge in [-0.25, -0.2) is 4.39 Å². The number of aryl methyl sites for hydroxylation is 1. The van der Waals surface area contributed by atoms with Crippen molar-refractivity contribution in [2.75, 3.05) is 20.3 Å². The van der Waals surface area contributed by atoms with E-state index in [0.717, 1.165) is 0 Å². The summed E-state index contributed by atoms with van der Waals surface area (Å²) in [7, 11) is 3.25. The predicted octanol–water partition coefficient (Wildman–Crippen LogP) is 2.98. The first-order valence-corrected chi connectivity index (χ1v) is 7.62. The van der Waals surface area contributed by atoms with Crippen molar-refractivity contribution in [2.24, 2.45) is 7.05 Å². The van der Waals surface area contributed by atoms with Crippen LogP contribution in [0, 0.1) is 17.1 Å². The Bertz CT molecular complexity index is 783. The van der Waals surface area contributed by atoms with Gasteiger partial charge < -0.3 is 14.2 Å². The normalized spacial score (nSPS) is 10.5. The summed E-state index contributed by atoms with van der Waals surface area (Å²) in [6.07, 6.45) is 1.59. The lowest BCUT2D eigenvalue weighted by molar-refractivity contribution is 0.0671. The van der Waals surface area contributed by atoms with Gasteiger partial charge in [0.1, 0.15) is 17.6 Å². The lowest BCUT2D eigenvalue weighted by Gasteiger charge is -2.23. The fourth-order valence-corrected chi connectivity index (χ4v) is 2.54. The van der Waals surface area contributed by atoms with E-state index in [1.165, 1.54) is 18.2 Å². The van der Waals surface area contributed by atoms with Crippen molar-refractivity contribution in [3.8, 4) is 6.07 Å². The fraction of sp³-hybridized carbons (Fsp3) is 0.294. The number of amides is 1. The van der Waals surface area contributed by atoms with Crippen LogP contribution < -0.4 is 0 Å². The third-order valence-corrected chi connectivity index (χ3v) is 3.93. The summed E-state index contributed by atoms with van der Waals surface area (Å²) >= 11 is 6.06. The monoisotopic (exact) mass is 349 g/mol. The SMILES string of the molecule is COCCN(Cc1ccc(F)cc1Cl)C(=O)c1cc(C#N)cn1C. The van der Waals surface area contributed by atoms with Gasteiger partial charge in [-0.1, -0.05) is 17.7 Å². The van der Waals surface area contributed by atoms with Crippen LogP contribution >= 0.6 is 11.6 Å². The van der Waals surface area contributed by atoms with Crippen LogP contribution in [0.3, 0.4) is 0 Å². The zero-order valence-corrected chi connectivity index (χ0v) is 14.2. The van der Waals surface area contributed by atoms with Gasteiger partial charge in [0.05, 0.1) is 12.2 Å². The maximum atomic E-state index is 13.2. The van der Waals surface area contributed by atoms with E-state index in [-0.39, 0.29) is 17.5 Å². The molecular weight excluding hydrogens is 333 g/mol. The van der Waals surface area contributed by atoms with Gasteiger partial charge in [0.25, 0.3) is 5.91 Å². The van der Waals surface area contributed by atoms with Crippen LogP contribution in [-0.2, 0) is 18.3 Å². The molecule has 0 fully saturated rings. The summed E-state index contributed by atoms with van der Waals surface area (Å²) in [6.45, 7) is 0.907. The van der Waals surface area contributed by atoms with Crippen molar-refractivity contribution in [1.29, 1.82) is 5.26 Å². The smallest absolute Gasteiger partial charge is 0.270 e. The van der Waals surface area contributed by atoms with Gasteiger partial charge in [-0.3, -0.25) is 4.79 Å². The zero-order valence-electron chi connectivity index (χ0n) is 13.4. The Morgan fingerprint density at radius 1 is 1.46 bits per heavy atom. The molecule has 0 aliphatic heterocycles. The Balaban J connectivity index is 2.28. The van der Waals surface area contributed by atoms with Gasteiger partial charge in [-0.2, -0.15) is 5.26 Å². The molecule has 24 heavy (non-hydrogen) atoms. The fourth-order valence-electron chi connectivity index (χ4n) is 2.31. The van der Waals surface area contributed by atoms with E-state index in [2.05, 4.69) is 0 Å². The van der Waals surface area contributed by atoms with Crippen molar-refractivity contribution in [3.63, 3.8) is 0 Å². The molecule has 0 aliphatic carbocycles. The third kappa shape index (κ3) is 4.13. The molecule has 7 heteroatoms. The van der Waals surface area contributed by atoms with Gasteiger partial charge >= 0.3 is 0 Å². The van der Waals surface area contributed by atoms with E-state index < -0.39 is 5.82 Å². The lowest BCUT2D eigenvalue weighted by atomic mass is 10.2. The Morgan fingerprint density at radius 2 is 2.21 bits per heavy atom. The molecule has 126 valence electrons. The van der Waals surface area contributed by atoms with Crippen molar-refractivity contribution < 1.29 is 13.9 Å². The molecule has 0 unspecified atom stereocenters. The Labute approximate surface area is 144 Å². The number of hydrogen-bond acceptors (Lipinski definition) is 3. The first-order chi connectivity index (χ1) is 11.5. The molecule has 0 N–H and O–H groups in total. The topological polar surface area (TPSA) is 58.3 Å². The van der Waals surface area contributed by atoms with Crippen molar-refractivity contribution >= 4 is 17.5 Å². The average Bonchev–Trinajstić information content (AvgIpc) is 2.93. The van der Waals surface area contributed by atoms with Crippen LogP contribution in [0.1, 0.15) is 21.6 Å². The molecular formula is C17H17ClFN3O2. The van der Waals surface area contributed by atoms with E-state index in [1.807, 2.05) is 6.07 Å². The summed E-state index contributed by atoms with van der Waals surface area (Å²) in [5, 5.41) is 9.23. The number of carbonyl (C=O) groups excluding carboxylic acids is 1. The largest absolute Gasteiger partial charge is 0.383 e. The number of methoxy groups -OCH3 is 1. The van der Waals surface area contributed by atoms with E-state index in [1.54, 1.807) is 35.9 Å². The van der Waals surface area contributed by atoms with Crippen molar-refractivity contribution in [3.05, 3.63) is 58.1 Å². The quantitative estimate of drug-likeness (QED) is 0.805. The second kappa shape index (κ2) is 7.95. The molecule has 0 saturated heterocycles. The van der Waals surface area contributed by atoms with Gasteiger partial charge in [-0.05, 0) is 23.8 Å². The second-order valence-electron chi connectivity index (χ2n) is 5.29. The highest BCUT2D eigenvalue weighted by Gasteiger charge is 2.20. The number of carbonyl (C=O) groups is 1. The van der Waals surface area contributed by atoms with E-state index in [9.17, 15) is 9.18 Å². The maximum Gasteiger partial charge on any atom is 0.270 e. The standard InChI is InChI=1S/C17H17ClFN3O2/c1-21-10-12(9-20)7-16(21)17(23)22(5-6-24-2)11-13-3-4-14(19)8-15(13)18/h3-4,7-8,10H,5-6,11H2,1-2H3. The molecule has 2 aromatic rings. The summed E-state index contributed by atoms with van der Waals surface area (Å²) in [5.41, 5.74) is 1.44. The molecule has 0 radical (unpaired) electrons. The number of nitriles is 1. The van der Waals surface area contributed by atoms with E-state index in [0.29, 0.717) is 30.0 Å². The summed E-state index contributed by atoms with van der Waals surface area (Å²) in [4.78, 5) is 14.4. The van der Waals surface area contributed by atoms with Crippen LogP contribution in [-0.4, -0.2) is 35.6 Å². The predicted molar refractivity (Wildman–Crippen MR) is 88.2 cm³/mol. The summed E-state index contributed by atoms with van der Waals surface area (Å²) in [6, 6.07) is 7.62. The molecule has 0 atom stereocenters. The van der Waals surface area contributed by atoms with Gasteiger partial charge in [0.15, 0.2) is 0 Å². The minimum absolute atomic E-state index is 0.217. The Kier molecular flexibility index (Phi) is 5.96. The number of benzene rings is 1. The first-order valence-electron chi connectivity index (χ1n) is 7.25. The van der Waals surface area contributed by atoms with Crippen LogP contribution in [0.4, 0.5) is 4.39 Å². The second-order valence-corrected chi connectivity index (χ2v) is 5.70. The molecule has 5 nitrogen and oxygen atoms in total. The minimum atomic E-state index is -0.431. The highest BCUT2D eigenvalue weighted by atomic mass is 35.5. The van der Waals surface area contributed by atoms with Gasteiger partial charge in [0.2, 0.25) is 0 Å². The summed E-state index contributed by atoms with van der Waals surface area (Å²) in [5.74, 6) is -0.684. The minimum Gasteiger partial charge on any atom is -0.383 e. The molecule has 0 aliphatic rings. The molecule has 0 bridgehead atoms. The highest BCUT2D eigenvalue weighted by molar-refractivity contribution is 6.31. The number of aromatic nitrogens is 1. The molecule has 2 rings (SSSR count). The van der Waals surface area contributed by atoms with Crippen LogP contribution in [0.15, 0.2) is 30.5 Å². The van der Waals surface area contributed by atoms with Crippen LogP contribution in [0.2, 0.25) is 5.02 Å². The number of halogens is 2. The lowest BCUT2D eigenvalue weighted by Crippen LogP contribution is -2.34. The molecule has 1 heterocycles. The van der Waals surface area contributed by atoms with Crippen LogP contribution in [0.25, 0.3) is 0 Å². The highest BCUT2D eigenvalue weighted by Crippen LogP contribution is 2.20. The average molecular weight is 350 g/mol. The van der Waals surface area contributed by atoms with Gasteiger partial charge in [-0.15, -0.1) is 0 Å². The zero-order chi connectivity index (χ0) is 17.7. The number of hydrogen-bond donors (Lipinski definition) is 0. The molecule has 1 aromatic heterocycles. The van der Waals surface area contributed by atoms with Crippen LogP contribution in [0.5, 0.6) is 0 Å². The molecule has 0 spiro atoms. The van der Waals surface area contributed by atoms with Crippen molar-refractivity contribution in [1.82, 2.24) is 9.47 Å². The van der Waals surface area contributed by atoms with Gasteiger partial charge in [0, 0.05) is 38.5 Å². The number of ether oxygens (including phenoxy) is 1. The van der Waals surface area contributed by atoms with E-state index in [4.69, 9.17) is 21.6 Å². The summed E-state index contributed by atoms with van der Waals surface area (Å²) < 4.78 is 19.8. The Morgan fingerprint density at radius 3 is 2.79 bits per heavy atom. The first kappa shape index (κ1) is 18.0. The third-order valence-electron chi connectivity index (χ3n) is 3.58. The number of rotatable bonds is 6. The molecule has 1 amide bonds. The Hall–Kier alpha value is -2.36. The number of nitrogens with zero attached hydrogens (tertiary/aromatic N) is 3. The van der Waals surface area contributed by atoms with Crippen molar-refractivity contribution in [2.45, 2.75) is 6.54 Å². The molecule has 1 aromatic carbocycles. The molecule has 0 saturated carbocycles.